The normalized spacial score (nSPS) is 10.1. The quantitative estimate of drug-likeness (QED) is 0.858. The number of rotatable bonds is 4. The Kier molecular flexibility index (Phi) is 4.07. The molecule has 0 atom stereocenters. The van der Waals surface area contributed by atoms with Crippen molar-refractivity contribution >= 4 is 7.69 Å². The smallest absolute Gasteiger partial charge is 0.537 e. The second-order valence-electron chi connectivity index (χ2n) is 4.02. The summed E-state index contributed by atoms with van der Waals surface area (Å²) in [7, 11) is 2.12. The molecule has 0 heterocycles. The van der Waals surface area contributed by atoms with Gasteiger partial charge in [0.05, 0.1) is 7.11 Å². The van der Waals surface area contributed by atoms with Crippen molar-refractivity contribution < 1.29 is 18.8 Å². The summed E-state index contributed by atoms with van der Waals surface area (Å²) in [5, 5.41) is 8.73. The lowest BCUT2D eigenvalue weighted by Crippen LogP contribution is -2.02. The predicted molar refractivity (Wildman–Crippen MR) is 71.7 cm³/mol. The number of methoxy groups -OCH3 is 1. The first-order valence-electron chi connectivity index (χ1n) is 5.73. The zero-order valence-corrected chi connectivity index (χ0v) is 10.7. The monoisotopic (exact) mass is 259 g/mol. The maximum Gasteiger partial charge on any atom is 0.569 e. The topological polar surface area (TPSA) is 38.7 Å². The second kappa shape index (κ2) is 5.76. The van der Waals surface area contributed by atoms with Gasteiger partial charge in [0.15, 0.2) is 0 Å². The number of hydrogen-bond acceptors (Lipinski definition) is 3. The van der Waals surface area contributed by atoms with E-state index in [1.165, 1.54) is 13.2 Å². The molecule has 0 aliphatic carbocycles. The summed E-state index contributed by atoms with van der Waals surface area (Å²) < 4.78 is 24.1. The Labute approximate surface area is 111 Å². The van der Waals surface area contributed by atoms with Crippen molar-refractivity contribution in [2.75, 3.05) is 7.11 Å². The summed E-state index contributed by atoms with van der Waals surface area (Å²) in [4.78, 5) is 0. The Balaban J connectivity index is 2.61. The first-order chi connectivity index (χ1) is 9.17. The Bertz CT molecular complexity index is 587. The van der Waals surface area contributed by atoms with Crippen molar-refractivity contribution in [1.29, 1.82) is 0 Å². The van der Waals surface area contributed by atoms with Crippen LogP contribution in [-0.2, 0) is 0 Å². The molecule has 0 spiro atoms. The summed E-state index contributed by atoms with van der Waals surface area (Å²) in [6.07, 6.45) is 0. The summed E-state index contributed by atoms with van der Waals surface area (Å²) in [5.74, 6) is 0.651. The van der Waals surface area contributed by atoms with Crippen LogP contribution in [-0.4, -0.2) is 19.8 Å². The van der Waals surface area contributed by atoms with Crippen molar-refractivity contribution in [2.24, 2.45) is 0 Å². The van der Waals surface area contributed by atoms with Crippen LogP contribution >= 0.6 is 0 Å². The van der Waals surface area contributed by atoms with Crippen molar-refractivity contribution in [1.82, 2.24) is 0 Å². The van der Waals surface area contributed by atoms with E-state index in [1.807, 2.05) is 6.92 Å². The van der Waals surface area contributed by atoms with E-state index in [0.717, 1.165) is 5.56 Å². The average Bonchev–Trinajstić information content (AvgIpc) is 2.41. The number of ether oxygens (including phenoxy) is 1. The number of halogens is 1. The molecule has 0 bridgehead atoms. The molecule has 2 aromatic rings. The predicted octanol–water partition coefficient (Wildman–Crippen LogP) is 2.72. The molecular formula is C14H13BFO3. The molecule has 1 radical (unpaired) electrons. The van der Waals surface area contributed by atoms with Gasteiger partial charge in [0, 0.05) is 11.1 Å². The molecule has 3 nitrogen and oxygen atoms in total. The van der Waals surface area contributed by atoms with Crippen molar-refractivity contribution in [2.45, 2.75) is 6.92 Å². The van der Waals surface area contributed by atoms with Gasteiger partial charge in [-0.15, -0.1) is 0 Å². The molecule has 0 unspecified atom stereocenters. The van der Waals surface area contributed by atoms with Crippen LogP contribution in [0.15, 0.2) is 36.4 Å². The van der Waals surface area contributed by atoms with E-state index >= 15 is 0 Å². The summed E-state index contributed by atoms with van der Waals surface area (Å²) in [5.41, 5.74) is 1.77. The first kappa shape index (κ1) is 13.4. The second-order valence-corrected chi connectivity index (χ2v) is 4.02. The molecule has 5 heteroatoms. The minimum Gasteiger partial charge on any atom is -0.537 e. The Morgan fingerprint density at radius 1 is 1.11 bits per heavy atom. The lowest BCUT2D eigenvalue weighted by molar-refractivity contribution is 0.413. The lowest BCUT2D eigenvalue weighted by Gasteiger charge is -2.14. The fourth-order valence-electron chi connectivity index (χ4n) is 1.90. The third kappa shape index (κ3) is 2.71. The Morgan fingerprint density at radius 2 is 1.84 bits per heavy atom. The molecule has 97 valence electrons. The van der Waals surface area contributed by atoms with Gasteiger partial charge in [0.25, 0.3) is 0 Å². The highest BCUT2D eigenvalue weighted by atomic mass is 19.1. The molecular weight excluding hydrogens is 246 g/mol. The SMILES string of the molecule is COc1cc(C)c(O[B]O)cc1-c1ccccc1F. The average molecular weight is 259 g/mol. The molecule has 19 heavy (non-hydrogen) atoms. The van der Waals surface area contributed by atoms with Crippen molar-refractivity contribution in [3.63, 3.8) is 0 Å². The highest BCUT2D eigenvalue weighted by Gasteiger charge is 2.14. The fraction of sp³-hybridized carbons (Fsp3) is 0.143. The van der Waals surface area contributed by atoms with Crippen molar-refractivity contribution in [3.8, 4) is 22.6 Å². The van der Waals surface area contributed by atoms with E-state index < -0.39 is 0 Å². The molecule has 0 aliphatic rings. The fourth-order valence-corrected chi connectivity index (χ4v) is 1.90. The van der Waals surface area contributed by atoms with Gasteiger partial charge in [0.1, 0.15) is 17.3 Å². The Morgan fingerprint density at radius 3 is 2.47 bits per heavy atom. The van der Waals surface area contributed by atoms with Gasteiger partial charge in [-0.05, 0) is 30.7 Å². The molecule has 0 amide bonds. The van der Waals surface area contributed by atoms with Crippen LogP contribution in [0.25, 0.3) is 11.1 Å². The van der Waals surface area contributed by atoms with Crippen LogP contribution in [0.5, 0.6) is 11.5 Å². The molecule has 0 aromatic heterocycles. The molecule has 0 saturated heterocycles. The molecule has 0 fully saturated rings. The molecule has 0 aliphatic heterocycles. The van der Waals surface area contributed by atoms with E-state index in [4.69, 9.17) is 14.4 Å². The van der Waals surface area contributed by atoms with Gasteiger partial charge in [-0.3, -0.25) is 0 Å². The molecule has 0 saturated carbocycles. The maximum atomic E-state index is 13.9. The third-order valence-electron chi connectivity index (χ3n) is 2.84. The van der Waals surface area contributed by atoms with Crippen LogP contribution in [0.3, 0.4) is 0 Å². The Hall–Kier alpha value is -2.01. The zero-order valence-electron chi connectivity index (χ0n) is 10.7. The van der Waals surface area contributed by atoms with Gasteiger partial charge in [0.2, 0.25) is 0 Å². The standard InChI is InChI=1S/C14H13BFO3/c1-9-7-14(18-2)11(8-13(9)19-15-17)10-5-3-4-6-12(10)16/h3-8,17H,1-2H3. The van der Waals surface area contributed by atoms with E-state index in [1.54, 1.807) is 30.3 Å². The van der Waals surface area contributed by atoms with Crippen LogP contribution in [0.1, 0.15) is 5.56 Å². The number of aryl methyl sites for hydroxylation is 1. The molecule has 2 rings (SSSR count). The minimum atomic E-state index is -0.344. The first-order valence-corrected chi connectivity index (χ1v) is 5.73. The van der Waals surface area contributed by atoms with Crippen LogP contribution < -0.4 is 9.39 Å². The summed E-state index contributed by atoms with van der Waals surface area (Å²) in [6, 6.07) is 9.79. The third-order valence-corrected chi connectivity index (χ3v) is 2.84. The van der Waals surface area contributed by atoms with E-state index in [9.17, 15) is 4.39 Å². The van der Waals surface area contributed by atoms with Gasteiger partial charge in [-0.2, -0.15) is 0 Å². The van der Waals surface area contributed by atoms with Crippen LogP contribution in [0, 0.1) is 12.7 Å². The molecule has 2 aromatic carbocycles. The van der Waals surface area contributed by atoms with E-state index in [2.05, 4.69) is 0 Å². The minimum absolute atomic E-state index is 0.344. The number of benzene rings is 2. The van der Waals surface area contributed by atoms with Gasteiger partial charge < -0.3 is 14.4 Å². The largest absolute Gasteiger partial charge is 0.569 e. The molecule has 1 N–H and O–H groups in total. The van der Waals surface area contributed by atoms with Gasteiger partial charge >= 0.3 is 7.69 Å². The maximum absolute atomic E-state index is 13.9. The highest BCUT2D eigenvalue weighted by Crippen LogP contribution is 2.36. The van der Waals surface area contributed by atoms with Gasteiger partial charge in [-0.25, -0.2) is 4.39 Å². The van der Waals surface area contributed by atoms with Crippen molar-refractivity contribution in [3.05, 3.63) is 47.8 Å². The lowest BCUT2D eigenvalue weighted by atomic mass is 10.0. The summed E-state index contributed by atoms with van der Waals surface area (Å²) >= 11 is 0. The van der Waals surface area contributed by atoms with Gasteiger partial charge in [-0.1, -0.05) is 18.2 Å². The zero-order chi connectivity index (χ0) is 13.8. The van der Waals surface area contributed by atoms with E-state index in [-0.39, 0.29) is 5.82 Å². The number of hydrogen-bond donors (Lipinski definition) is 1. The van der Waals surface area contributed by atoms with Crippen LogP contribution in [0.2, 0.25) is 0 Å². The highest BCUT2D eigenvalue weighted by molar-refractivity contribution is 6.17. The summed E-state index contributed by atoms with van der Waals surface area (Å²) in [6.45, 7) is 1.81. The van der Waals surface area contributed by atoms with Crippen LogP contribution in [0.4, 0.5) is 4.39 Å². The van der Waals surface area contributed by atoms with E-state index in [0.29, 0.717) is 30.3 Å².